The summed E-state index contributed by atoms with van der Waals surface area (Å²) in [7, 11) is 0. The van der Waals surface area contributed by atoms with Crippen molar-refractivity contribution in [1.82, 2.24) is 4.98 Å². The number of halogens is 3. The smallest absolute Gasteiger partial charge is 0.287 e. The highest BCUT2D eigenvalue weighted by molar-refractivity contribution is 6.07. The molecule has 0 fully saturated rings. The van der Waals surface area contributed by atoms with Gasteiger partial charge in [-0.05, 0) is 19.1 Å². The molecule has 5 heteroatoms. The second kappa shape index (κ2) is 3.84. The normalized spacial score (nSPS) is 11.2. The number of aryl methyl sites for hydroxylation is 1. The van der Waals surface area contributed by atoms with E-state index in [0.29, 0.717) is 5.69 Å². The lowest BCUT2D eigenvalue weighted by molar-refractivity contribution is -0.0884. The Balaban J connectivity index is 3.01. The van der Waals surface area contributed by atoms with Crippen molar-refractivity contribution >= 4 is 5.78 Å². The third kappa shape index (κ3) is 2.65. The van der Waals surface area contributed by atoms with Crippen molar-refractivity contribution in [2.24, 2.45) is 0 Å². The third-order valence-electron chi connectivity index (χ3n) is 1.74. The molecule has 0 spiro atoms. The molecule has 0 aliphatic heterocycles. The van der Waals surface area contributed by atoms with Gasteiger partial charge in [-0.25, -0.2) is 4.98 Å². The maximum Gasteiger partial charge on any atom is 0.419 e. The molecule has 1 heterocycles. The van der Waals surface area contributed by atoms with Gasteiger partial charge in [0, 0.05) is 5.69 Å². The number of pyridine rings is 1. The zero-order valence-electron chi connectivity index (χ0n) is 7.93. The molecular formula is C10H8F3NO. The van der Waals surface area contributed by atoms with Crippen molar-refractivity contribution in [3.63, 3.8) is 0 Å². The van der Waals surface area contributed by atoms with Gasteiger partial charge in [0.25, 0.3) is 0 Å². The zero-order chi connectivity index (χ0) is 11.6. The first-order chi connectivity index (χ1) is 6.82. The molecule has 0 amide bonds. The molecule has 0 saturated carbocycles. The van der Waals surface area contributed by atoms with E-state index in [2.05, 4.69) is 11.6 Å². The number of aromatic nitrogens is 1. The molecule has 0 unspecified atom stereocenters. The summed E-state index contributed by atoms with van der Waals surface area (Å²) in [6.07, 6.45) is -4.71. The van der Waals surface area contributed by atoms with Crippen molar-refractivity contribution < 1.29 is 18.0 Å². The molecule has 0 saturated heterocycles. The minimum Gasteiger partial charge on any atom is -0.287 e. The molecule has 0 N–H and O–H groups in total. The van der Waals surface area contributed by atoms with Gasteiger partial charge in [-0.3, -0.25) is 4.79 Å². The number of ketones is 1. The molecular weight excluding hydrogens is 207 g/mol. The molecule has 2 nitrogen and oxygen atoms in total. The fraction of sp³-hybridized carbons (Fsp3) is 0.200. The first-order valence-electron chi connectivity index (χ1n) is 4.07. The van der Waals surface area contributed by atoms with Crippen molar-refractivity contribution in [2.75, 3.05) is 0 Å². The molecule has 1 aromatic heterocycles. The zero-order valence-corrected chi connectivity index (χ0v) is 7.93. The minimum absolute atomic E-state index is 0.239. The lowest BCUT2D eigenvalue weighted by atomic mass is 10.1. The molecule has 0 aromatic carbocycles. The predicted molar refractivity (Wildman–Crippen MR) is 48.5 cm³/mol. The van der Waals surface area contributed by atoms with E-state index in [1.807, 2.05) is 0 Å². The van der Waals surface area contributed by atoms with Crippen LogP contribution in [-0.2, 0) is 0 Å². The number of allylic oxidation sites excluding steroid dienone is 1. The molecule has 0 radical (unpaired) electrons. The van der Waals surface area contributed by atoms with Gasteiger partial charge in [-0.15, -0.1) is 0 Å². The molecule has 80 valence electrons. The van der Waals surface area contributed by atoms with Crippen molar-refractivity contribution in [3.8, 4) is 0 Å². The summed E-state index contributed by atoms with van der Waals surface area (Å²) in [6, 6.07) is 4.29. The first-order valence-corrected chi connectivity index (χ1v) is 4.07. The number of nitrogens with zero attached hydrogens (tertiary/aromatic N) is 1. The van der Waals surface area contributed by atoms with Crippen molar-refractivity contribution in [1.29, 1.82) is 0 Å². The van der Waals surface area contributed by atoms with E-state index in [0.717, 1.165) is 0 Å². The maximum atomic E-state index is 12.1. The molecule has 0 aliphatic rings. The minimum atomic E-state index is -4.71. The molecule has 0 atom stereocenters. The van der Waals surface area contributed by atoms with Crippen molar-refractivity contribution in [3.05, 3.63) is 41.7 Å². The quantitative estimate of drug-likeness (QED) is 0.560. The van der Waals surface area contributed by atoms with Crippen LogP contribution in [0.2, 0.25) is 0 Å². The Hall–Kier alpha value is -1.65. The van der Waals surface area contributed by atoms with E-state index in [1.54, 1.807) is 13.0 Å². The Bertz CT molecular complexity index is 409. The topological polar surface area (TPSA) is 30.0 Å². The number of hydrogen-bond donors (Lipinski definition) is 0. The van der Waals surface area contributed by atoms with Gasteiger partial charge in [0.15, 0.2) is 0 Å². The Morgan fingerprint density at radius 2 is 2.00 bits per heavy atom. The van der Waals surface area contributed by atoms with Crippen LogP contribution in [0.4, 0.5) is 13.2 Å². The third-order valence-corrected chi connectivity index (χ3v) is 1.74. The van der Waals surface area contributed by atoms with E-state index in [-0.39, 0.29) is 5.69 Å². The Morgan fingerprint density at radius 1 is 1.40 bits per heavy atom. The summed E-state index contributed by atoms with van der Waals surface area (Å²) in [5, 5.41) is 0. The Morgan fingerprint density at radius 3 is 2.47 bits per heavy atom. The second-order valence-corrected chi connectivity index (χ2v) is 2.97. The van der Waals surface area contributed by atoms with E-state index in [4.69, 9.17) is 0 Å². The summed E-state index contributed by atoms with van der Waals surface area (Å²) < 4.78 is 36.4. The largest absolute Gasteiger partial charge is 0.419 e. The SMILES string of the molecule is C=C(C(=O)c1cccc(C)n1)C(F)(F)F. The monoisotopic (exact) mass is 215 g/mol. The Labute approximate surface area is 84.4 Å². The number of carbonyl (C=O) groups is 1. The van der Waals surface area contributed by atoms with Crippen molar-refractivity contribution in [2.45, 2.75) is 13.1 Å². The van der Waals surface area contributed by atoms with Crippen LogP contribution >= 0.6 is 0 Å². The second-order valence-electron chi connectivity index (χ2n) is 2.97. The average molecular weight is 215 g/mol. The molecule has 0 bridgehead atoms. The van der Waals surface area contributed by atoms with Crippen LogP contribution in [0, 0.1) is 6.92 Å². The lowest BCUT2D eigenvalue weighted by Crippen LogP contribution is -2.20. The van der Waals surface area contributed by atoms with Crippen LogP contribution in [0.25, 0.3) is 0 Å². The van der Waals surface area contributed by atoms with E-state index >= 15 is 0 Å². The van der Waals surface area contributed by atoms with Crippen LogP contribution < -0.4 is 0 Å². The highest BCUT2D eigenvalue weighted by Crippen LogP contribution is 2.26. The highest BCUT2D eigenvalue weighted by Gasteiger charge is 2.37. The summed E-state index contributed by atoms with van der Waals surface area (Å²) in [6.45, 7) is 4.31. The predicted octanol–water partition coefficient (Wildman–Crippen LogP) is 2.69. The van der Waals surface area contributed by atoms with Gasteiger partial charge in [-0.1, -0.05) is 12.6 Å². The summed E-state index contributed by atoms with van der Waals surface area (Å²) in [5.41, 5.74) is -1.16. The number of alkyl halides is 3. The van der Waals surface area contributed by atoms with Gasteiger partial charge in [-0.2, -0.15) is 13.2 Å². The molecule has 0 aliphatic carbocycles. The first kappa shape index (κ1) is 11.4. The number of Topliss-reactive ketones (excluding diaryl/α,β-unsaturated/α-hetero) is 1. The van der Waals surface area contributed by atoms with E-state index < -0.39 is 17.5 Å². The van der Waals surface area contributed by atoms with Crippen LogP contribution in [0.5, 0.6) is 0 Å². The fourth-order valence-corrected chi connectivity index (χ4v) is 0.953. The van der Waals surface area contributed by atoms with Crippen LogP contribution in [0.15, 0.2) is 30.4 Å². The van der Waals surface area contributed by atoms with Gasteiger partial charge in [0.1, 0.15) is 5.69 Å². The van der Waals surface area contributed by atoms with Crippen LogP contribution in [0.1, 0.15) is 16.2 Å². The highest BCUT2D eigenvalue weighted by atomic mass is 19.4. The molecule has 1 rings (SSSR count). The van der Waals surface area contributed by atoms with Gasteiger partial charge < -0.3 is 0 Å². The number of hydrogen-bond acceptors (Lipinski definition) is 2. The molecule has 15 heavy (non-hydrogen) atoms. The number of carbonyl (C=O) groups excluding carboxylic acids is 1. The fourth-order valence-electron chi connectivity index (χ4n) is 0.953. The summed E-state index contributed by atoms with van der Waals surface area (Å²) in [5.74, 6) is -1.19. The lowest BCUT2D eigenvalue weighted by Gasteiger charge is -2.08. The van der Waals surface area contributed by atoms with Crippen LogP contribution in [-0.4, -0.2) is 16.9 Å². The maximum absolute atomic E-state index is 12.1. The Kier molecular flexibility index (Phi) is 2.93. The van der Waals surface area contributed by atoms with Crippen LogP contribution in [0.3, 0.4) is 0 Å². The number of rotatable bonds is 2. The van der Waals surface area contributed by atoms with Gasteiger partial charge in [0.05, 0.1) is 5.57 Å². The molecule has 1 aromatic rings. The van der Waals surface area contributed by atoms with E-state index in [1.165, 1.54) is 12.1 Å². The summed E-state index contributed by atoms with van der Waals surface area (Å²) in [4.78, 5) is 15.0. The van der Waals surface area contributed by atoms with E-state index in [9.17, 15) is 18.0 Å². The van der Waals surface area contributed by atoms with Gasteiger partial charge in [0.2, 0.25) is 5.78 Å². The van der Waals surface area contributed by atoms with Gasteiger partial charge >= 0.3 is 6.18 Å². The standard InChI is InChI=1S/C10H8F3NO/c1-6-4-3-5-8(14-6)9(15)7(2)10(11,12)13/h3-5H,2H2,1H3. The summed E-state index contributed by atoms with van der Waals surface area (Å²) >= 11 is 0. The average Bonchev–Trinajstić information content (AvgIpc) is 2.14.